The second-order valence-corrected chi connectivity index (χ2v) is 17.7. The fraction of sp³-hybridized carbons (Fsp3) is 0.465. The first-order valence-electron chi connectivity index (χ1n) is 20.7. The number of aromatic nitrogens is 6. The number of nitrogens with one attached hydrogen (secondary N) is 2. The van der Waals surface area contributed by atoms with Crippen molar-refractivity contribution in [1.82, 2.24) is 40.0 Å². The number of piperidine rings is 1. The predicted octanol–water partition coefficient (Wildman–Crippen LogP) is 5.23. The minimum Gasteiger partial charge on any atom is -0.381 e. The summed E-state index contributed by atoms with van der Waals surface area (Å²) in [6.45, 7) is 4.14. The lowest BCUT2D eigenvalue weighted by Crippen LogP contribution is -2.57. The van der Waals surface area contributed by atoms with Gasteiger partial charge in [0.05, 0.1) is 40.1 Å². The zero-order chi connectivity index (χ0) is 40.1. The second kappa shape index (κ2) is 15.1. The molecule has 11 rings (SSSR count). The number of amides is 3. The molecular weight excluding hydrogens is 767 g/mol. The normalized spacial score (nSPS) is 24.9. The van der Waals surface area contributed by atoms with Gasteiger partial charge in [0.2, 0.25) is 17.7 Å². The lowest BCUT2D eigenvalue weighted by atomic mass is 9.53. The van der Waals surface area contributed by atoms with E-state index in [0.717, 1.165) is 101 Å². The van der Waals surface area contributed by atoms with E-state index >= 15 is 0 Å². The quantitative estimate of drug-likeness (QED) is 0.195. The van der Waals surface area contributed by atoms with Gasteiger partial charge in [-0.2, -0.15) is 10.4 Å². The number of piperazine rings is 1. The van der Waals surface area contributed by atoms with Crippen LogP contribution in [0.4, 0.5) is 11.5 Å². The molecule has 16 heteroatoms. The van der Waals surface area contributed by atoms with Crippen LogP contribution in [0, 0.1) is 16.7 Å². The lowest BCUT2D eigenvalue weighted by molar-refractivity contribution is -0.149. The molecule has 15 nitrogen and oxygen atoms in total. The van der Waals surface area contributed by atoms with Gasteiger partial charge in [-0.15, -0.1) is 10.2 Å². The maximum Gasteiger partial charge on any atom is 0.234 e. The summed E-state index contributed by atoms with van der Waals surface area (Å²) in [5.74, 6) is 0.287. The molecule has 3 saturated carbocycles. The van der Waals surface area contributed by atoms with E-state index in [-0.39, 0.29) is 40.5 Å². The summed E-state index contributed by atoms with van der Waals surface area (Å²) >= 11 is 1.65. The van der Waals surface area contributed by atoms with Crippen LogP contribution in [0.5, 0.6) is 0 Å². The largest absolute Gasteiger partial charge is 0.381 e. The Labute approximate surface area is 345 Å². The van der Waals surface area contributed by atoms with Crippen molar-refractivity contribution in [3.8, 4) is 28.0 Å². The van der Waals surface area contributed by atoms with Gasteiger partial charge in [-0.05, 0) is 93.7 Å². The highest BCUT2D eigenvalue weighted by molar-refractivity contribution is 7.14. The van der Waals surface area contributed by atoms with Crippen molar-refractivity contribution in [2.24, 2.45) is 5.41 Å². The van der Waals surface area contributed by atoms with E-state index in [4.69, 9.17) is 19.9 Å². The fourth-order valence-electron chi connectivity index (χ4n) is 9.85. The summed E-state index contributed by atoms with van der Waals surface area (Å²) in [5.41, 5.74) is 5.21. The van der Waals surface area contributed by atoms with Crippen LogP contribution in [0.3, 0.4) is 0 Å². The van der Waals surface area contributed by atoms with E-state index in [1.807, 2.05) is 41.0 Å². The number of pyridine rings is 2. The third-order valence-electron chi connectivity index (χ3n) is 13.5. The van der Waals surface area contributed by atoms with Gasteiger partial charge in [-0.3, -0.25) is 24.7 Å². The Morgan fingerprint density at radius 2 is 1.71 bits per heavy atom. The molecule has 3 saturated heterocycles. The third kappa shape index (κ3) is 6.89. The highest BCUT2D eigenvalue weighted by Crippen LogP contribution is 2.59. The molecule has 3 aliphatic heterocycles. The summed E-state index contributed by atoms with van der Waals surface area (Å²) in [5, 5.41) is 31.6. The van der Waals surface area contributed by atoms with Crippen molar-refractivity contribution in [1.29, 1.82) is 5.26 Å². The molecule has 0 unspecified atom stereocenters. The van der Waals surface area contributed by atoms with Gasteiger partial charge in [0.15, 0.2) is 5.01 Å². The molecule has 5 aromatic heterocycles. The molecule has 6 fully saturated rings. The first-order chi connectivity index (χ1) is 28.8. The summed E-state index contributed by atoms with van der Waals surface area (Å²) in [7, 11) is 0. The van der Waals surface area contributed by atoms with Crippen LogP contribution in [-0.4, -0.2) is 97.8 Å². The molecule has 8 heterocycles. The van der Waals surface area contributed by atoms with Gasteiger partial charge >= 0.3 is 0 Å². The Balaban J connectivity index is 0.811. The van der Waals surface area contributed by atoms with Crippen LogP contribution in [-0.2, 0) is 24.5 Å². The predicted molar refractivity (Wildman–Crippen MR) is 219 cm³/mol. The zero-order valence-corrected chi connectivity index (χ0v) is 33.5. The number of anilines is 2. The van der Waals surface area contributed by atoms with E-state index in [0.29, 0.717) is 57.8 Å². The smallest absolute Gasteiger partial charge is 0.234 e. The van der Waals surface area contributed by atoms with Crippen molar-refractivity contribution in [2.45, 2.75) is 81.6 Å². The van der Waals surface area contributed by atoms with E-state index in [2.05, 4.69) is 42.7 Å². The summed E-state index contributed by atoms with van der Waals surface area (Å²) in [6, 6.07) is 14.1. The van der Waals surface area contributed by atoms with Crippen LogP contribution < -0.4 is 15.5 Å². The number of nitriles is 1. The molecule has 0 radical (unpaired) electrons. The van der Waals surface area contributed by atoms with E-state index in [9.17, 15) is 19.6 Å². The van der Waals surface area contributed by atoms with E-state index < -0.39 is 0 Å². The van der Waals surface area contributed by atoms with Crippen molar-refractivity contribution in [2.75, 3.05) is 49.6 Å². The number of hydrogen-bond acceptors (Lipinski definition) is 13. The minimum absolute atomic E-state index is 0.0806. The van der Waals surface area contributed by atoms with Crippen LogP contribution in [0.25, 0.3) is 27.5 Å². The first kappa shape index (κ1) is 37.5. The molecule has 59 heavy (non-hydrogen) atoms. The molecule has 0 aromatic carbocycles. The number of rotatable bonds is 8. The van der Waals surface area contributed by atoms with Gasteiger partial charge < -0.3 is 19.9 Å². The molecule has 6 aliphatic rings. The molecule has 3 amide bonds. The van der Waals surface area contributed by atoms with Gasteiger partial charge in [-0.25, -0.2) is 9.50 Å². The monoisotopic (exact) mass is 811 g/mol. The number of nitrogens with zero attached hydrogens (tertiary/aromatic N) is 9. The van der Waals surface area contributed by atoms with E-state index in [1.165, 1.54) is 0 Å². The number of hydrogen-bond donors (Lipinski definition) is 2. The summed E-state index contributed by atoms with van der Waals surface area (Å²) in [4.78, 5) is 52.0. The standard InChI is InChI=1S/C43H45N11O4S/c44-23-27-21-30-2-4-35(54(30)47-24-27)34-22-33(48-29-7-19-58-20-8-29)32(26-45-34)39-50-51-40(59-39)42-9-12-43(13-10-42,14-11-42)41(57)53-17-15-52(16-18-53)36-5-1-28(25-46-36)31-3-6-37(55)49-38(31)56/h1-2,4-5,21-22,24-26,29,31H,3,6-20H2,(H,45,48)(H,49,55,56)/t31-,42?,43?/m1/s1. The maximum absolute atomic E-state index is 14.3. The van der Waals surface area contributed by atoms with Crippen molar-refractivity contribution >= 4 is 46.1 Å². The van der Waals surface area contributed by atoms with Crippen molar-refractivity contribution < 1.29 is 19.1 Å². The summed E-state index contributed by atoms with van der Waals surface area (Å²) < 4.78 is 7.46. The van der Waals surface area contributed by atoms with Gasteiger partial charge in [0.1, 0.15) is 16.9 Å². The average Bonchev–Trinajstić information content (AvgIpc) is 3.96. The Morgan fingerprint density at radius 1 is 0.915 bits per heavy atom. The number of ether oxygens (including phenoxy) is 1. The molecule has 5 aromatic rings. The number of carbonyl (C=O) groups excluding carboxylic acids is 3. The summed E-state index contributed by atoms with van der Waals surface area (Å²) in [6.07, 6.45) is 13.2. The minimum atomic E-state index is -0.355. The Bertz CT molecular complexity index is 2450. The average molecular weight is 812 g/mol. The Morgan fingerprint density at radius 3 is 2.44 bits per heavy atom. The van der Waals surface area contributed by atoms with Gasteiger partial charge in [-0.1, -0.05) is 17.4 Å². The van der Waals surface area contributed by atoms with Crippen LogP contribution in [0.15, 0.2) is 55.0 Å². The Hall–Kier alpha value is -5.79. The number of fused-ring (bicyclic) bond motifs is 4. The Kier molecular flexibility index (Phi) is 9.59. The molecular formula is C43H45N11O4S. The first-order valence-corrected chi connectivity index (χ1v) is 21.5. The highest BCUT2D eigenvalue weighted by atomic mass is 32.1. The molecule has 302 valence electrons. The number of imide groups is 1. The van der Waals surface area contributed by atoms with E-state index in [1.54, 1.807) is 23.7 Å². The molecule has 2 N–H and O–H groups in total. The fourth-order valence-corrected chi connectivity index (χ4v) is 11.0. The molecule has 2 bridgehead atoms. The van der Waals surface area contributed by atoms with Crippen LogP contribution >= 0.6 is 11.3 Å². The van der Waals surface area contributed by atoms with Gasteiger partial charge in [0.25, 0.3) is 0 Å². The van der Waals surface area contributed by atoms with Crippen molar-refractivity contribution in [3.05, 3.63) is 71.1 Å². The topological polar surface area (TPSA) is 184 Å². The van der Waals surface area contributed by atoms with Crippen molar-refractivity contribution in [3.63, 3.8) is 0 Å². The van der Waals surface area contributed by atoms with Gasteiger partial charge in [0, 0.05) is 80.8 Å². The molecule has 1 atom stereocenters. The number of carbonyl (C=O) groups is 3. The third-order valence-corrected chi connectivity index (χ3v) is 14.7. The van der Waals surface area contributed by atoms with Crippen LogP contribution in [0.1, 0.15) is 86.3 Å². The second-order valence-electron chi connectivity index (χ2n) is 16.8. The highest BCUT2D eigenvalue weighted by Gasteiger charge is 2.55. The zero-order valence-electron chi connectivity index (χ0n) is 32.7. The SMILES string of the molecule is N#Cc1cnn2c(-c3cc(NC4CCOCC4)c(-c4nnc(C56CCC(C(=O)N7CCN(c8ccc([C@H]9CCC(=O)NC9=O)cn8)CC7)(CC5)CC6)s4)cn3)ccc2c1. The van der Waals surface area contributed by atoms with Crippen LogP contribution in [0.2, 0.25) is 0 Å². The molecule has 3 aliphatic carbocycles. The lowest BCUT2D eigenvalue weighted by Gasteiger charge is -2.53. The molecule has 0 spiro atoms. The maximum atomic E-state index is 14.3.